The molecule has 0 amide bonds. The normalized spacial score (nSPS) is 15.8. The lowest BCUT2D eigenvalue weighted by Gasteiger charge is -2.11. The van der Waals surface area contributed by atoms with Gasteiger partial charge in [0.25, 0.3) is 0 Å². The highest BCUT2D eigenvalue weighted by atomic mass is 16.5. The van der Waals surface area contributed by atoms with E-state index in [2.05, 4.69) is 11.9 Å². The zero-order valence-corrected chi connectivity index (χ0v) is 8.21. The summed E-state index contributed by atoms with van der Waals surface area (Å²) in [7, 11) is 0. The summed E-state index contributed by atoms with van der Waals surface area (Å²) in [4.78, 5) is 4.24. The van der Waals surface area contributed by atoms with Gasteiger partial charge < -0.3 is 4.74 Å². The first-order valence-corrected chi connectivity index (χ1v) is 4.92. The van der Waals surface area contributed by atoms with Crippen molar-refractivity contribution in [1.82, 2.24) is 4.98 Å². The average Bonchev–Trinajstić information content (AvgIpc) is 2.92. The Hall–Kier alpha value is -1.05. The van der Waals surface area contributed by atoms with Crippen molar-refractivity contribution in [3.63, 3.8) is 0 Å². The molecule has 1 saturated carbocycles. The molecule has 0 N–H and O–H groups in total. The summed E-state index contributed by atoms with van der Waals surface area (Å²) in [6.07, 6.45) is 5.75. The van der Waals surface area contributed by atoms with Crippen molar-refractivity contribution >= 4 is 0 Å². The fourth-order valence-corrected chi connectivity index (χ4v) is 1.40. The van der Waals surface area contributed by atoms with Crippen LogP contribution in [0.5, 0.6) is 5.75 Å². The van der Waals surface area contributed by atoms with Gasteiger partial charge in [-0.05, 0) is 37.8 Å². The van der Waals surface area contributed by atoms with Gasteiger partial charge in [-0.25, -0.2) is 0 Å². The molecule has 0 saturated heterocycles. The molecule has 0 radical (unpaired) electrons. The maximum atomic E-state index is 5.82. The van der Waals surface area contributed by atoms with E-state index in [-0.39, 0.29) is 0 Å². The van der Waals surface area contributed by atoms with Crippen molar-refractivity contribution in [3.8, 4) is 5.75 Å². The quantitative estimate of drug-likeness (QED) is 0.707. The van der Waals surface area contributed by atoms with E-state index in [4.69, 9.17) is 4.74 Å². The van der Waals surface area contributed by atoms with E-state index in [0.29, 0.717) is 6.10 Å². The molecular formula is C11H15NO. The zero-order chi connectivity index (χ0) is 9.26. The smallest absolute Gasteiger partial charge is 0.144 e. The van der Waals surface area contributed by atoms with Crippen molar-refractivity contribution in [2.75, 3.05) is 0 Å². The van der Waals surface area contributed by atoms with E-state index in [1.807, 2.05) is 19.2 Å². The Morgan fingerprint density at radius 3 is 2.92 bits per heavy atom. The van der Waals surface area contributed by atoms with Crippen molar-refractivity contribution in [1.29, 1.82) is 0 Å². The molecule has 1 aliphatic carbocycles. The van der Waals surface area contributed by atoms with Gasteiger partial charge in [-0.15, -0.1) is 0 Å². The van der Waals surface area contributed by atoms with Crippen LogP contribution in [0.1, 0.15) is 31.0 Å². The lowest BCUT2D eigenvalue weighted by molar-refractivity contribution is 0.296. The number of ether oxygens (including phenoxy) is 1. The Morgan fingerprint density at radius 1 is 1.54 bits per heavy atom. The van der Waals surface area contributed by atoms with E-state index in [0.717, 1.165) is 17.9 Å². The van der Waals surface area contributed by atoms with Gasteiger partial charge in [0.2, 0.25) is 0 Å². The van der Waals surface area contributed by atoms with E-state index < -0.39 is 0 Å². The number of hydrogen-bond donors (Lipinski definition) is 0. The second-order valence-electron chi connectivity index (χ2n) is 3.56. The lowest BCUT2D eigenvalue weighted by atomic mass is 10.1. The van der Waals surface area contributed by atoms with Crippen LogP contribution in [-0.4, -0.2) is 11.1 Å². The Labute approximate surface area is 78.9 Å². The number of aryl methyl sites for hydroxylation is 2. The van der Waals surface area contributed by atoms with Crippen molar-refractivity contribution < 1.29 is 4.74 Å². The minimum Gasteiger partial charge on any atom is -0.488 e. The first kappa shape index (κ1) is 8.54. The summed E-state index contributed by atoms with van der Waals surface area (Å²) < 4.78 is 5.82. The summed E-state index contributed by atoms with van der Waals surface area (Å²) in [6, 6.07) is 2.05. The molecule has 0 atom stereocenters. The molecule has 0 unspecified atom stereocenters. The molecule has 1 aliphatic rings. The molecule has 1 heterocycles. The van der Waals surface area contributed by atoms with Crippen molar-refractivity contribution in [2.45, 2.75) is 39.2 Å². The molecule has 0 aromatic carbocycles. The Morgan fingerprint density at radius 2 is 2.31 bits per heavy atom. The number of aromatic nitrogens is 1. The predicted molar refractivity (Wildman–Crippen MR) is 52.0 cm³/mol. The van der Waals surface area contributed by atoms with Gasteiger partial charge >= 0.3 is 0 Å². The Balaban J connectivity index is 2.27. The maximum absolute atomic E-state index is 5.82. The summed E-state index contributed by atoms with van der Waals surface area (Å²) in [5.41, 5.74) is 2.30. The number of nitrogens with zero attached hydrogens (tertiary/aromatic N) is 1. The Bertz CT molecular complexity index is 305. The van der Waals surface area contributed by atoms with Crippen LogP contribution in [0.4, 0.5) is 0 Å². The predicted octanol–water partition coefficient (Wildman–Crippen LogP) is 2.49. The van der Waals surface area contributed by atoms with E-state index in [1.54, 1.807) is 0 Å². The van der Waals surface area contributed by atoms with Crippen molar-refractivity contribution in [3.05, 3.63) is 23.5 Å². The topological polar surface area (TPSA) is 22.1 Å². The first-order chi connectivity index (χ1) is 6.31. The molecule has 0 spiro atoms. The van der Waals surface area contributed by atoms with Crippen LogP contribution in [0, 0.1) is 6.92 Å². The van der Waals surface area contributed by atoms with Crippen LogP contribution < -0.4 is 4.74 Å². The molecule has 13 heavy (non-hydrogen) atoms. The molecule has 70 valence electrons. The summed E-state index contributed by atoms with van der Waals surface area (Å²) >= 11 is 0. The number of pyridine rings is 1. The van der Waals surface area contributed by atoms with Crippen molar-refractivity contribution in [2.24, 2.45) is 0 Å². The van der Waals surface area contributed by atoms with Crippen LogP contribution in [0.3, 0.4) is 0 Å². The fraction of sp³-hybridized carbons (Fsp3) is 0.545. The third-order valence-electron chi connectivity index (χ3n) is 2.35. The van der Waals surface area contributed by atoms with Gasteiger partial charge in [0.1, 0.15) is 5.75 Å². The third kappa shape index (κ3) is 1.82. The monoisotopic (exact) mass is 177 g/mol. The van der Waals surface area contributed by atoms with E-state index in [9.17, 15) is 0 Å². The SMILES string of the molecule is CCc1ccnc(C)c1OC1CC1. The molecule has 1 fully saturated rings. The summed E-state index contributed by atoms with van der Waals surface area (Å²) in [6.45, 7) is 4.16. The number of hydrogen-bond acceptors (Lipinski definition) is 2. The molecule has 1 aromatic rings. The largest absolute Gasteiger partial charge is 0.488 e. The van der Waals surface area contributed by atoms with E-state index >= 15 is 0 Å². The summed E-state index contributed by atoms with van der Waals surface area (Å²) in [5.74, 6) is 1.02. The van der Waals surface area contributed by atoms with Gasteiger partial charge in [0.15, 0.2) is 0 Å². The van der Waals surface area contributed by atoms with Crippen LogP contribution in [-0.2, 0) is 6.42 Å². The molecule has 2 nitrogen and oxygen atoms in total. The minimum atomic E-state index is 0.466. The van der Waals surface area contributed by atoms with Crippen LogP contribution >= 0.6 is 0 Å². The standard InChI is InChI=1S/C11H15NO/c1-3-9-6-7-12-8(2)11(9)13-10-4-5-10/h6-7,10H,3-5H2,1-2H3. The molecule has 1 aromatic heterocycles. The highest BCUT2D eigenvalue weighted by Crippen LogP contribution is 2.30. The molecule has 2 rings (SSSR count). The zero-order valence-electron chi connectivity index (χ0n) is 8.21. The van der Waals surface area contributed by atoms with Crippen LogP contribution in [0.25, 0.3) is 0 Å². The maximum Gasteiger partial charge on any atom is 0.144 e. The third-order valence-corrected chi connectivity index (χ3v) is 2.35. The highest BCUT2D eigenvalue weighted by Gasteiger charge is 2.25. The minimum absolute atomic E-state index is 0.466. The van der Waals surface area contributed by atoms with Gasteiger partial charge in [0, 0.05) is 6.20 Å². The highest BCUT2D eigenvalue weighted by molar-refractivity contribution is 5.36. The van der Waals surface area contributed by atoms with Gasteiger partial charge in [0.05, 0.1) is 11.8 Å². The molecule has 0 bridgehead atoms. The second kappa shape index (κ2) is 3.36. The first-order valence-electron chi connectivity index (χ1n) is 4.92. The Kier molecular flexibility index (Phi) is 2.21. The fourth-order valence-electron chi connectivity index (χ4n) is 1.40. The molecule has 2 heteroatoms. The van der Waals surface area contributed by atoms with Gasteiger partial charge in [-0.3, -0.25) is 4.98 Å². The van der Waals surface area contributed by atoms with E-state index in [1.165, 1.54) is 18.4 Å². The summed E-state index contributed by atoms with van der Waals surface area (Å²) in [5, 5.41) is 0. The number of rotatable bonds is 3. The molecule has 0 aliphatic heterocycles. The van der Waals surface area contributed by atoms with Gasteiger partial charge in [-0.1, -0.05) is 6.92 Å². The lowest BCUT2D eigenvalue weighted by Crippen LogP contribution is -2.02. The van der Waals surface area contributed by atoms with Crippen LogP contribution in [0.15, 0.2) is 12.3 Å². The average molecular weight is 177 g/mol. The van der Waals surface area contributed by atoms with Crippen LogP contribution in [0.2, 0.25) is 0 Å². The second-order valence-corrected chi connectivity index (χ2v) is 3.56. The molecular weight excluding hydrogens is 162 g/mol. The van der Waals surface area contributed by atoms with Gasteiger partial charge in [-0.2, -0.15) is 0 Å².